The van der Waals surface area contributed by atoms with Crippen LogP contribution in [0.2, 0.25) is 3.67 Å². The van der Waals surface area contributed by atoms with Crippen molar-refractivity contribution in [3.63, 3.8) is 0 Å². The molecular weight excluding hydrogens is 445 g/mol. The van der Waals surface area contributed by atoms with Crippen molar-refractivity contribution in [2.75, 3.05) is 5.32 Å². The van der Waals surface area contributed by atoms with Gasteiger partial charge in [0.25, 0.3) is 0 Å². The second-order valence-corrected chi connectivity index (χ2v) is 16.0. The number of carbonyl (C=O) groups excluding carboxylic acids is 2. The molecule has 0 aliphatic carbocycles. The van der Waals surface area contributed by atoms with E-state index in [1.54, 1.807) is 0 Å². The second-order valence-electron chi connectivity index (χ2n) is 7.10. The molecule has 0 spiro atoms. The van der Waals surface area contributed by atoms with E-state index in [9.17, 15) is 14.4 Å². The predicted molar refractivity (Wildman–Crippen MR) is 104 cm³/mol. The van der Waals surface area contributed by atoms with Crippen LogP contribution >= 0.6 is 0 Å². The Balaban J connectivity index is 1.51. The summed E-state index contributed by atoms with van der Waals surface area (Å²) in [6.45, 7) is 2.08. The average Bonchev–Trinajstić information content (AvgIpc) is 3.10. The van der Waals surface area contributed by atoms with Crippen molar-refractivity contribution >= 4 is 53.7 Å². The van der Waals surface area contributed by atoms with Crippen molar-refractivity contribution in [3.8, 4) is 0 Å². The van der Waals surface area contributed by atoms with Crippen molar-refractivity contribution in [3.05, 3.63) is 63.0 Å². The minimum atomic E-state index is -2.39. The standard InChI is InChI=1S/C21H18NO4.In/c1-2-16(13-19(23)14-21(25)26)17-9-6-10-18(12-17)22-20(24)11-15-7-4-3-5-8-15;/h3-8,10,12-13H,11,14H2,1H3,(H,22,24)(H,25,26);. The van der Waals surface area contributed by atoms with Crippen LogP contribution < -0.4 is 8.64 Å². The summed E-state index contributed by atoms with van der Waals surface area (Å²) < 4.78 is 2.45. The Morgan fingerprint density at radius 1 is 1.11 bits per heavy atom. The van der Waals surface area contributed by atoms with Crippen LogP contribution in [0.3, 0.4) is 0 Å². The van der Waals surface area contributed by atoms with Gasteiger partial charge in [-0.25, -0.2) is 0 Å². The van der Waals surface area contributed by atoms with Gasteiger partial charge in [-0.2, -0.15) is 0 Å². The van der Waals surface area contributed by atoms with Crippen molar-refractivity contribution < 1.29 is 19.5 Å². The summed E-state index contributed by atoms with van der Waals surface area (Å²) in [6, 6.07) is 15.4. The van der Waals surface area contributed by atoms with Gasteiger partial charge in [0.1, 0.15) is 0 Å². The molecule has 0 saturated heterocycles. The number of carbonyl (C=O) groups is 3. The van der Waals surface area contributed by atoms with Gasteiger partial charge in [0, 0.05) is 0 Å². The third-order valence-electron chi connectivity index (χ3n) is 5.38. The summed E-state index contributed by atoms with van der Waals surface area (Å²) in [7, 11) is 0. The first kappa shape index (κ1) is 18.0. The maximum atomic E-state index is 12.3. The molecule has 2 aromatic rings. The number of carboxylic acid groups (broad SMARTS) is 1. The van der Waals surface area contributed by atoms with Gasteiger partial charge in [-0.1, -0.05) is 0 Å². The molecule has 0 radical (unpaired) electrons. The number of amides is 1. The first-order valence-corrected chi connectivity index (χ1v) is 14.1. The number of carboxylic acids is 1. The predicted octanol–water partition coefficient (Wildman–Crippen LogP) is 2.32. The molecule has 5 nitrogen and oxygen atoms in total. The normalized spacial score (nSPS) is 16.6. The third kappa shape index (κ3) is 3.23. The number of benzene rings is 2. The SMILES string of the molecule is C[C]1=C2c3cc(NC(=O)Cc4ccccc4)cc[c]3[In]1[CH]2C(=O)CC(=O)O. The number of rotatable bonds is 6. The Labute approximate surface area is 164 Å². The van der Waals surface area contributed by atoms with Crippen LogP contribution in [0.1, 0.15) is 24.5 Å². The molecule has 0 saturated carbocycles. The molecule has 2 bridgehead atoms. The van der Waals surface area contributed by atoms with Gasteiger partial charge < -0.3 is 0 Å². The van der Waals surface area contributed by atoms with E-state index in [2.05, 4.69) is 12.2 Å². The summed E-state index contributed by atoms with van der Waals surface area (Å²) in [6.07, 6.45) is -0.0925. The van der Waals surface area contributed by atoms with E-state index >= 15 is 0 Å². The molecule has 6 heteroatoms. The van der Waals surface area contributed by atoms with Crippen LogP contribution in [0.4, 0.5) is 5.69 Å². The van der Waals surface area contributed by atoms with Gasteiger partial charge in [-0.15, -0.1) is 0 Å². The minimum absolute atomic E-state index is 0.0841. The van der Waals surface area contributed by atoms with E-state index in [4.69, 9.17) is 5.11 Å². The number of Topliss-reactive ketones (excluding diaryl/α,β-unsaturated/α-hetero) is 1. The van der Waals surface area contributed by atoms with E-state index in [1.165, 1.54) is 6.65 Å². The summed E-state index contributed by atoms with van der Waals surface area (Å²) in [5, 5.41) is 11.9. The number of nitrogens with one attached hydrogen (secondary N) is 1. The Morgan fingerprint density at radius 3 is 2.56 bits per heavy atom. The number of hydrogen-bond acceptors (Lipinski definition) is 3. The van der Waals surface area contributed by atoms with Gasteiger partial charge in [-0.05, 0) is 0 Å². The Kier molecular flexibility index (Phi) is 4.68. The van der Waals surface area contributed by atoms with E-state index in [1.807, 2.05) is 48.5 Å². The number of ketones is 1. The van der Waals surface area contributed by atoms with Crippen molar-refractivity contribution in [1.82, 2.24) is 0 Å². The first-order chi connectivity index (χ1) is 13.0. The van der Waals surface area contributed by atoms with Gasteiger partial charge in [-0.3, -0.25) is 0 Å². The van der Waals surface area contributed by atoms with Gasteiger partial charge >= 0.3 is 165 Å². The van der Waals surface area contributed by atoms with Gasteiger partial charge in [0.05, 0.1) is 0 Å². The zero-order valence-electron chi connectivity index (χ0n) is 14.9. The van der Waals surface area contributed by atoms with Crippen molar-refractivity contribution in [1.29, 1.82) is 0 Å². The molecule has 1 atom stereocenters. The second kappa shape index (κ2) is 7.00. The molecule has 5 rings (SSSR count). The first-order valence-electron chi connectivity index (χ1n) is 8.89. The number of allylic oxidation sites excluding steroid dienone is 2. The molecule has 3 heterocycles. The van der Waals surface area contributed by atoms with E-state index in [-0.39, 0.29) is 15.4 Å². The third-order valence-corrected chi connectivity index (χ3v) is 16.2. The summed E-state index contributed by atoms with van der Waals surface area (Å²) in [5.41, 5.74) is 3.75. The molecule has 0 fully saturated rings. The molecule has 134 valence electrons. The van der Waals surface area contributed by atoms with Crippen LogP contribution in [0.15, 0.2) is 51.9 Å². The van der Waals surface area contributed by atoms with Crippen molar-refractivity contribution in [2.45, 2.75) is 23.4 Å². The zero-order valence-corrected chi connectivity index (χ0v) is 18.2. The molecule has 27 heavy (non-hydrogen) atoms. The molecule has 1 unspecified atom stereocenters. The van der Waals surface area contributed by atoms with Crippen LogP contribution in [0, 0.1) is 0 Å². The monoisotopic (exact) mass is 463 g/mol. The van der Waals surface area contributed by atoms with E-state index < -0.39 is 33.8 Å². The van der Waals surface area contributed by atoms with Crippen LogP contribution in [-0.4, -0.2) is 44.2 Å². The maximum absolute atomic E-state index is 12.3. The number of anilines is 1. The Morgan fingerprint density at radius 2 is 1.85 bits per heavy atom. The Hall–Kier alpha value is -2.34. The van der Waals surface area contributed by atoms with E-state index in [0.717, 1.165) is 22.4 Å². The average molecular weight is 463 g/mol. The summed E-state index contributed by atoms with van der Waals surface area (Å²) in [4.78, 5) is 35.6. The van der Waals surface area contributed by atoms with Gasteiger partial charge in [0.15, 0.2) is 0 Å². The number of aliphatic carboxylic acids is 1. The molecule has 2 aromatic carbocycles. The van der Waals surface area contributed by atoms with Crippen LogP contribution in [0.25, 0.3) is 5.57 Å². The zero-order chi connectivity index (χ0) is 19.1. The van der Waals surface area contributed by atoms with Crippen LogP contribution in [-0.2, 0) is 20.8 Å². The molecule has 1 amide bonds. The van der Waals surface area contributed by atoms with Crippen LogP contribution in [0.5, 0.6) is 0 Å². The fourth-order valence-corrected chi connectivity index (χ4v) is 15.2. The van der Waals surface area contributed by atoms with E-state index in [0.29, 0.717) is 6.42 Å². The summed E-state index contributed by atoms with van der Waals surface area (Å²) in [5.74, 6) is -1.30. The Bertz CT molecular complexity index is 996. The topological polar surface area (TPSA) is 83.5 Å². The molecule has 3 aliphatic rings. The number of hydrogen-bond donors (Lipinski definition) is 2. The fourth-order valence-electron chi connectivity index (χ4n) is 4.26. The quantitative estimate of drug-likeness (QED) is 0.645. The van der Waals surface area contributed by atoms with Gasteiger partial charge in [0.2, 0.25) is 0 Å². The molecule has 3 aliphatic heterocycles. The fraction of sp³-hybridized carbons (Fsp3) is 0.190. The molecule has 2 N–H and O–H groups in total. The summed E-state index contributed by atoms with van der Waals surface area (Å²) >= 11 is -2.39. The molecular formula is C21H18InNO4. The molecule has 0 aromatic heterocycles. The van der Waals surface area contributed by atoms with Crippen molar-refractivity contribution in [2.24, 2.45) is 0 Å².